The van der Waals surface area contributed by atoms with Gasteiger partial charge in [0, 0.05) is 31.7 Å². The van der Waals surface area contributed by atoms with E-state index in [9.17, 15) is 4.79 Å². The van der Waals surface area contributed by atoms with Gasteiger partial charge in [0.2, 0.25) is 0 Å². The zero-order valence-corrected chi connectivity index (χ0v) is 13.9. The second-order valence-corrected chi connectivity index (χ2v) is 5.80. The highest BCUT2D eigenvalue weighted by Gasteiger charge is 2.09. The van der Waals surface area contributed by atoms with Crippen LogP contribution in [0.2, 0.25) is 0 Å². The molecule has 1 aromatic carbocycles. The van der Waals surface area contributed by atoms with Gasteiger partial charge in [-0.2, -0.15) is 0 Å². The van der Waals surface area contributed by atoms with Gasteiger partial charge in [-0.15, -0.1) is 15.3 Å². The van der Waals surface area contributed by atoms with Gasteiger partial charge in [-0.1, -0.05) is 5.21 Å². The van der Waals surface area contributed by atoms with Gasteiger partial charge in [0.25, 0.3) is 0 Å². The minimum Gasteiger partial charge on any atom is -0.337 e. The topological polar surface area (TPSA) is 103 Å². The molecule has 0 aliphatic heterocycles. The molecule has 2 N–H and O–H groups in total. The van der Waals surface area contributed by atoms with Crippen molar-refractivity contribution < 1.29 is 4.79 Å². The van der Waals surface area contributed by atoms with Gasteiger partial charge >= 0.3 is 6.03 Å². The Morgan fingerprint density at radius 3 is 2.92 bits per heavy atom. The fraction of sp³-hybridized carbons (Fsp3) is 0.400. The molecule has 2 amide bonds. The fourth-order valence-electron chi connectivity index (χ4n) is 2.46. The number of nitrogens with one attached hydrogen (secondary N) is 2. The van der Waals surface area contributed by atoms with Gasteiger partial charge in [-0.25, -0.2) is 9.48 Å². The number of hydrogen-bond donors (Lipinski definition) is 2. The lowest BCUT2D eigenvalue weighted by molar-refractivity contribution is 0.252. The number of aryl methyl sites for hydroxylation is 1. The Hall–Kier alpha value is -2.97. The molecule has 126 valence electrons. The van der Waals surface area contributed by atoms with E-state index in [1.807, 2.05) is 23.7 Å². The third-order valence-corrected chi connectivity index (χ3v) is 3.71. The third kappa shape index (κ3) is 3.34. The van der Waals surface area contributed by atoms with Gasteiger partial charge in [-0.3, -0.25) is 0 Å². The van der Waals surface area contributed by atoms with E-state index >= 15 is 0 Å². The molecule has 0 spiro atoms. The average Bonchev–Trinajstić information content (AvgIpc) is 3.14. The Kier molecular flexibility index (Phi) is 4.41. The molecular formula is C15H20N8O. The molecule has 24 heavy (non-hydrogen) atoms. The summed E-state index contributed by atoms with van der Waals surface area (Å²) in [6.07, 6.45) is 2.32. The highest BCUT2D eigenvalue weighted by atomic mass is 16.2. The number of nitrogens with zero attached hydrogens (tertiary/aromatic N) is 6. The molecule has 0 unspecified atom stereocenters. The number of carbonyl (C=O) groups excluding carboxylic acids is 1. The first-order valence-electron chi connectivity index (χ1n) is 7.77. The molecule has 2 heterocycles. The van der Waals surface area contributed by atoms with Crippen LogP contribution in [0.5, 0.6) is 0 Å². The first kappa shape index (κ1) is 15.9. The van der Waals surface area contributed by atoms with Crippen molar-refractivity contribution in [1.29, 1.82) is 0 Å². The van der Waals surface area contributed by atoms with E-state index in [4.69, 9.17) is 0 Å². The lowest BCUT2D eigenvalue weighted by atomic mass is 10.3. The molecule has 9 nitrogen and oxygen atoms in total. The standard InChI is InChI=1S/C15H20N8O/c1-10(2)23-9-17-20-14(23)6-7-16-15(24)18-11-4-5-13-12(8-11)19-21-22(13)3/h4-5,8-10H,6-7H2,1-3H3,(H2,16,18,24). The average molecular weight is 328 g/mol. The van der Waals surface area contributed by atoms with E-state index in [0.29, 0.717) is 24.7 Å². The van der Waals surface area contributed by atoms with Crippen molar-refractivity contribution in [2.24, 2.45) is 7.05 Å². The summed E-state index contributed by atoms with van der Waals surface area (Å²) in [4.78, 5) is 12.0. The summed E-state index contributed by atoms with van der Waals surface area (Å²) in [5.41, 5.74) is 2.32. The molecule has 0 radical (unpaired) electrons. The highest BCUT2D eigenvalue weighted by Crippen LogP contribution is 2.16. The van der Waals surface area contributed by atoms with E-state index < -0.39 is 0 Å². The number of fused-ring (bicyclic) bond motifs is 1. The summed E-state index contributed by atoms with van der Waals surface area (Å²) in [6.45, 7) is 4.61. The second kappa shape index (κ2) is 6.65. The van der Waals surface area contributed by atoms with Crippen molar-refractivity contribution in [1.82, 2.24) is 35.1 Å². The summed E-state index contributed by atoms with van der Waals surface area (Å²) >= 11 is 0. The Morgan fingerprint density at radius 1 is 1.29 bits per heavy atom. The van der Waals surface area contributed by atoms with Crippen LogP contribution in [0, 0.1) is 0 Å². The van der Waals surface area contributed by atoms with Crippen molar-refractivity contribution in [3.63, 3.8) is 0 Å². The minimum absolute atomic E-state index is 0.270. The van der Waals surface area contributed by atoms with Crippen LogP contribution in [0.1, 0.15) is 25.7 Å². The number of amides is 2. The first-order valence-corrected chi connectivity index (χ1v) is 7.77. The number of aromatic nitrogens is 6. The van der Waals surface area contributed by atoms with Crippen LogP contribution in [-0.2, 0) is 13.5 Å². The van der Waals surface area contributed by atoms with Crippen LogP contribution >= 0.6 is 0 Å². The lowest BCUT2D eigenvalue weighted by Gasteiger charge is -2.11. The van der Waals surface area contributed by atoms with E-state index in [1.54, 1.807) is 17.1 Å². The predicted octanol–water partition coefficient (Wildman–Crippen LogP) is 1.50. The van der Waals surface area contributed by atoms with Crippen molar-refractivity contribution in [3.05, 3.63) is 30.4 Å². The molecule has 2 aromatic heterocycles. The molecule has 0 atom stereocenters. The molecule has 3 aromatic rings. The molecular weight excluding hydrogens is 308 g/mol. The number of hydrogen-bond acceptors (Lipinski definition) is 5. The van der Waals surface area contributed by atoms with E-state index in [-0.39, 0.29) is 6.03 Å². The third-order valence-electron chi connectivity index (χ3n) is 3.71. The van der Waals surface area contributed by atoms with Crippen LogP contribution < -0.4 is 10.6 Å². The van der Waals surface area contributed by atoms with E-state index in [1.165, 1.54) is 0 Å². The van der Waals surface area contributed by atoms with Gasteiger partial charge in [0.15, 0.2) is 0 Å². The molecule has 0 aliphatic rings. The smallest absolute Gasteiger partial charge is 0.319 e. The summed E-state index contributed by atoms with van der Waals surface area (Å²) in [6, 6.07) is 5.50. The van der Waals surface area contributed by atoms with E-state index in [2.05, 4.69) is 45.0 Å². The molecule has 0 fully saturated rings. The van der Waals surface area contributed by atoms with Crippen molar-refractivity contribution in [3.8, 4) is 0 Å². The monoisotopic (exact) mass is 328 g/mol. The van der Waals surface area contributed by atoms with Crippen molar-refractivity contribution in [2.45, 2.75) is 26.3 Å². The van der Waals surface area contributed by atoms with Gasteiger partial charge in [0.05, 0.1) is 5.52 Å². The zero-order chi connectivity index (χ0) is 17.1. The maximum absolute atomic E-state index is 12.0. The summed E-state index contributed by atoms with van der Waals surface area (Å²) in [5, 5.41) is 21.6. The Morgan fingerprint density at radius 2 is 2.12 bits per heavy atom. The molecule has 9 heteroatoms. The molecule has 0 aliphatic carbocycles. The number of carbonyl (C=O) groups is 1. The summed E-state index contributed by atoms with van der Waals surface area (Å²) in [7, 11) is 1.82. The maximum atomic E-state index is 12.0. The lowest BCUT2D eigenvalue weighted by Crippen LogP contribution is -2.31. The van der Waals surface area contributed by atoms with Gasteiger partial charge in [0.1, 0.15) is 17.7 Å². The van der Waals surface area contributed by atoms with Crippen LogP contribution in [-0.4, -0.2) is 42.3 Å². The number of benzene rings is 1. The highest BCUT2D eigenvalue weighted by molar-refractivity contribution is 5.91. The SMILES string of the molecule is CC(C)n1cnnc1CCNC(=O)Nc1ccc2c(c1)nnn2C. The van der Waals surface area contributed by atoms with Crippen LogP contribution in [0.15, 0.2) is 24.5 Å². The Labute approximate surface area is 139 Å². The van der Waals surface area contributed by atoms with E-state index in [0.717, 1.165) is 16.9 Å². The number of urea groups is 1. The molecule has 0 saturated heterocycles. The van der Waals surface area contributed by atoms with Crippen molar-refractivity contribution in [2.75, 3.05) is 11.9 Å². The van der Waals surface area contributed by atoms with Gasteiger partial charge < -0.3 is 15.2 Å². The quantitative estimate of drug-likeness (QED) is 0.739. The fourth-order valence-corrected chi connectivity index (χ4v) is 2.46. The molecule has 0 bridgehead atoms. The number of rotatable bonds is 5. The number of anilines is 1. The second-order valence-electron chi connectivity index (χ2n) is 5.80. The normalized spacial score (nSPS) is 11.2. The predicted molar refractivity (Wildman–Crippen MR) is 89.6 cm³/mol. The summed E-state index contributed by atoms with van der Waals surface area (Å²) < 4.78 is 3.67. The summed E-state index contributed by atoms with van der Waals surface area (Å²) in [5.74, 6) is 0.853. The van der Waals surface area contributed by atoms with Gasteiger partial charge in [-0.05, 0) is 32.0 Å². The minimum atomic E-state index is -0.270. The van der Waals surface area contributed by atoms with Crippen LogP contribution in [0.4, 0.5) is 10.5 Å². The van der Waals surface area contributed by atoms with Crippen molar-refractivity contribution >= 4 is 22.8 Å². The van der Waals surface area contributed by atoms with Crippen LogP contribution in [0.25, 0.3) is 11.0 Å². The first-order chi connectivity index (χ1) is 11.5. The van der Waals surface area contributed by atoms with Crippen LogP contribution in [0.3, 0.4) is 0 Å². The molecule has 0 saturated carbocycles. The maximum Gasteiger partial charge on any atom is 0.319 e. The largest absolute Gasteiger partial charge is 0.337 e. The molecule has 3 rings (SSSR count). The Bertz CT molecular complexity index is 850. The zero-order valence-electron chi connectivity index (χ0n) is 13.9. The Balaban J connectivity index is 1.54.